The van der Waals surface area contributed by atoms with Gasteiger partial charge in [-0.1, -0.05) is 17.7 Å². The Kier molecular flexibility index (Phi) is 3.94. The van der Waals surface area contributed by atoms with Gasteiger partial charge >= 0.3 is 0 Å². The highest BCUT2D eigenvalue weighted by atomic mass is 79.9. The van der Waals surface area contributed by atoms with Crippen molar-refractivity contribution in [2.24, 2.45) is 0 Å². The van der Waals surface area contributed by atoms with Gasteiger partial charge in [0, 0.05) is 15.1 Å². The average molecular weight is 366 g/mol. The minimum absolute atomic E-state index is 0.413. The number of benzene rings is 2. The van der Waals surface area contributed by atoms with Crippen molar-refractivity contribution in [3.63, 3.8) is 0 Å². The second-order valence-electron chi connectivity index (χ2n) is 4.27. The molecule has 0 aliphatic rings. The molecule has 4 nitrogen and oxygen atoms in total. The zero-order chi connectivity index (χ0) is 14.8. The summed E-state index contributed by atoms with van der Waals surface area (Å²) in [4.78, 5) is 0. The molecule has 106 valence electrons. The molecule has 1 aromatic heterocycles. The van der Waals surface area contributed by atoms with Crippen molar-refractivity contribution in [3.8, 4) is 28.7 Å². The Morgan fingerprint density at radius 2 is 1.90 bits per heavy atom. The lowest BCUT2D eigenvalue weighted by Crippen LogP contribution is -1.85. The van der Waals surface area contributed by atoms with Crippen molar-refractivity contribution in [1.29, 1.82) is 0 Å². The molecular weight excluding hydrogens is 356 g/mol. The van der Waals surface area contributed by atoms with Crippen LogP contribution in [0.5, 0.6) is 5.75 Å². The van der Waals surface area contributed by atoms with E-state index in [1.165, 1.54) is 0 Å². The number of rotatable bonds is 3. The van der Waals surface area contributed by atoms with Crippen LogP contribution in [0.2, 0.25) is 5.02 Å². The van der Waals surface area contributed by atoms with E-state index in [0.717, 1.165) is 21.3 Å². The Balaban J connectivity index is 2.02. The molecule has 1 heterocycles. The van der Waals surface area contributed by atoms with Crippen LogP contribution < -0.4 is 4.74 Å². The third kappa shape index (κ3) is 2.94. The maximum absolute atomic E-state index is 5.97. The van der Waals surface area contributed by atoms with Gasteiger partial charge in [0.1, 0.15) is 5.75 Å². The predicted octanol–water partition coefficient (Wildman–Crippen LogP) is 4.83. The standard InChI is InChI=1S/C15H10BrClN2O2/c1-20-11-5-6-13(16)12(8-11)15-19-18-14(21-15)9-3-2-4-10(17)7-9/h2-8H,1H3. The minimum Gasteiger partial charge on any atom is -0.497 e. The van der Waals surface area contributed by atoms with Crippen molar-refractivity contribution in [2.75, 3.05) is 7.11 Å². The first-order valence-electron chi connectivity index (χ1n) is 6.11. The molecule has 0 radical (unpaired) electrons. The van der Waals surface area contributed by atoms with Crippen LogP contribution in [-0.4, -0.2) is 17.3 Å². The summed E-state index contributed by atoms with van der Waals surface area (Å²) in [6, 6.07) is 12.8. The van der Waals surface area contributed by atoms with E-state index in [1.54, 1.807) is 19.2 Å². The van der Waals surface area contributed by atoms with Crippen molar-refractivity contribution in [3.05, 3.63) is 52.0 Å². The first kappa shape index (κ1) is 14.1. The van der Waals surface area contributed by atoms with Crippen LogP contribution in [0.15, 0.2) is 51.4 Å². The number of methoxy groups -OCH3 is 1. The maximum atomic E-state index is 5.97. The highest BCUT2D eigenvalue weighted by Gasteiger charge is 2.14. The first-order valence-corrected chi connectivity index (χ1v) is 7.28. The highest BCUT2D eigenvalue weighted by Crippen LogP contribution is 2.32. The van der Waals surface area contributed by atoms with Crippen LogP contribution in [0.1, 0.15) is 0 Å². The van der Waals surface area contributed by atoms with Gasteiger partial charge in [0.05, 0.1) is 12.7 Å². The quantitative estimate of drug-likeness (QED) is 0.667. The molecule has 0 bridgehead atoms. The topological polar surface area (TPSA) is 48.2 Å². The fourth-order valence-electron chi connectivity index (χ4n) is 1.87. The number of hydrogen-bond acceptors (Lipinski definition) is 4. The molecule has 2 aromatic carbocycles. The summed E-state index contributed by atoms with van der Waals surface area (Å²) in [5.41, 5.74) is 1.55. The van der Waals surface area contributed by atoms with Crippen molar-refractivity contribution >= 4 is 27.5 Å². The van der Waals surface area contributed by atoms with Gasteiger partial charge in [-0.05, 0) is 52.3 Å². The smallest absolute Gasteiger partial charge is 0.249 e. The van der Waals surface area contributed by atoms with E-state index in [-0.39, 0.29) is 0 Å². The van der Waals surface area contributed by atoms with Crippen LogP contribution in [-0.2, 0) is 0 Å². The molecule has 21 heavy (non-hydrogen) atoms. The monoisotopic (exact) mass is 364 g/mol. The molecular formula is C15H10BrClN2O2. The maximum Gasteiger partial charge on any atom is 0.249 e. The summed E-state index contributed by atoms with van der Waals surface area (Å²) in [5.74, 6) is 1.55. The molecule has 0 saturated carbocycles. The van der Waals surface area contributed by atoms with E-state index in [4.69, 9.17) is 20.8 Å². The normalized spacial score (nSPS) is 10.6. The largest absolute Gasteiger partial charge is 0.497 e. The Labute approximate surface area is 134 Å². The lowest BCUT2D eigenvalue weighted by molar-refractivity contribution is 0.414. The summed E-state index contributed by atoms with van der Waals surface area (Å²) < 4.78 is 11.8. The molecule has 0 aliphatic heterocycles. The van der Waals surface area contributed by atoms with Crippen LogP contribution >= 0.6 is 27.5 Å². The molecule has 6 heteroatoms. The van der Waals surface area contributed by atoms with Gasteiger partial charge in [0.2, 0.25) is 11.8 Å². The number of aromatic nitrogens is 2. The van der Waals surface area contributed by atoms with Crippen molar-refractivity contribution in [1.82, 2.24) is 10.2 Å². The van der Waals surface area contributed by atoms with Gasteiger partial charge in [-0.15, -0.1) is 10.2 Å². The summed E-state index contributed by atoms with van der Waals surface area (Å²) in [6.07, 6.45) is 0. The van der Waals surface area contributed by atoms with E-state index >= 15 is 0 Å². The number of nitrogens with zero attached hydrogens (tertiary/aromatic N) is 2. The van der Waals surface area contributed by atoms with Gasteiger partial charge < -0.3 is 9.15 Å². The Hall–Kier alpha value is -1.85. The van der Waals surface area contributed by atoms with Crippen molar-refractivity contribution < 1.29 is 9.15 Å². The number of hydrogen-bond donors (Lipinski definition) is 0. The molecule has 0 N–H and O–H groups in total. The summed E-state index contributed by atoms with van der Waals surface area (Å²) in [7, 11) is 1.61. The second kappa shape index (κ2) is 5.87. The van der Waals surface area contributed by atoms with Crippen LogP contribution in [0.25, 0.3) is 22.9 Å². The van der Waals surface area contributed by atoms with E-state index < -0.39 is 0 Å². The third-order valence-corrected chi connectivity index (χ3v) is 3.83. The number of ether oxygens (including phenoxy) is 1. The summed E-state index contributed by atoms with van der Waals surface area (Å²) in [6.45, 7) is 0. The Morgan fingerprint density at radius 1 is 1.10 bits per heavy atom. The van der Waals surface area contributed by atoms with Crippen molar-refractivity contribution in [2.45, 2.75) is 0 Å². The van der Waals surface area contributed by atoms with Gasteiger partial charge in [0.25, 0.3) is 0 Å². The SMILES string of the molecule is COc1ccc(Br)c(-c2nnc(-c3cccc(Cl)c3)o2)c1. The van der Waals surface area contributed by atoms with Gasteiger partial charge in [-0.3, -0.25) is 0 Å². The van der Waals surface area contributed by atoms with Gasteiger partial charge in [-0.25, -0.2) is 0 Å². The van der Waals surface area contributed by atoms with Gasteiger partial charge in [-0.2, -0.15) is 0 Å². The van der Waals surface area contributed by atoms with E-state index in [9.17, 15) is 0 Å². The molecule has 0 unspecified atom stereocenters. The first-order chi connectivity index (χ1) is 10.2. The summed E-state index contributed by atoms with van der Waals surface area (Å²) >= 11 is 9.44. The molecule has 3 aromatic rings. The Bertz CT molecular complexity index is 789. The minimum atomic E-state index is 0.413. The molecule has 0 spiro atoms. The average Bonchev–Trinajstić information content (AvgIpc) is 2.97. The molecule has 0 aliphatic carbocycles. The summed E-state index contributed by atoms with van der Waals surface area (Å²) in [5, 5.41) is 8.77. The zero-order valence-electron chi connectivity index (χ0n) is 11.0. The van der Waals surface area contributed by atoms with E-state index in [2.05, 4.69) is 26.1 Å². The Morgan fingerprint density at radius 3 is 2.67 bits per heavy atom. The lowest BCUT2D eigenvalue weighted by atomic mass is 10.2. The molecule has 3 rings (SSSR count). The molecule has 0 saturated heterocycles. The molecule has 0 fully saturated rings. The highest BCUT2D eigenvalue weighted by molar-refractivity contribution is 9.10. The van der Waals surface area contributed by atoms with E-state index in [0.29, 0.717) is 16.8 Å². The van der Waals surface area contributed by atoms with Crippen LogP contribution in [0.3, 0.4) is 0 Å². The van der Waals surface area contributed by atoms with Gasteiger partial charge in [0.15, 0.2) is 0 Å². The van der Waals surface area contributed by atoms with E-state index in [1.807, 2.05) is 30.3 Å². The third-order valence-electron chi connectivity index (χ3n) is 2.90. The molecule has 0 amide bonds. The lowest BCUT2D eigenvalue weighted by Gasteiger charge is -2.03. The fraction of sp³-hybridized carbons (Fsp3) is 0.0667. The molecule has 0 atom stereocenters. The zero-order valence-corrected chi connectivity index (χ0v) is 13.4. The fourth-order valence-corrected chi connectivity index (χ4v) is 2.47. The number of halogens is 2. The van der Waals surface area contributed by atoms with Crippen LogP contribution in [0.4, 0.5) is 0 Å². The van der Waals surface area contributed by atoms with Crippen LogP contribution in [0, 0.1) is 0 Å². The second-order valence-corrected chi connectivity index (χ2v) is 5.56. The predicted molar refractivity (Wildman–Crippen MR) is 84.4 cm³/mol.